The van der Waals surface area contributed by atoms with E-state index in [-0.39, 0.29) is 18.7 Å². The molecule has 1 amide bonds. The summed E-state index contributed by atoms with van der Waals surface area (Å²) in [6, 6.07) is 8.15. The summed E-state index contributed by atoms with van der Waals surface area (Å²) >= 11 is 0. The van der Waals surface area contributed by atoms with Crippen LogP contribution in [0, 0.1) is 23.2 Å². The third-order valence-corrected chi connectivity index (χ3v) is 6.56. The molecular formula is C27H32N6O4. The number of aliphatic hydroxyl groups is 1. The number of nitriles is 1. The summed E-state index contributed by atoms with van der Waals surface area (Å²) in [5.41, 5.74) is 1.23. The number of carbonyl (C=O) groups is 1. The second kappa shape index (κ2) is 8.92. The Bertz CT molecular complexity index is 1350. The van der Waals surface area contributed by atoms with E-state index >= 15 is 0 Å². The fourth-order valence-electron chi connectivity index (χ4n) is 4.84. The number of ether oxygens (including phenoxy) is 2. The summed E-state index contributed by atoms with van der Waals surface area (Å²) in [7, 11) is 0. The molecule has 2 fully saturated rings. The predicted octanol–water partition coefficient (Wildman–Crippen LogP) is 3.38. The van der Waals surface area contributed by atoms with Gasteiger partial charge in [0.2, 0.25) is 0 Å². The van der Waals surface area contributed by atoms with Gasteiger partial charge in [-0.15, -0.1) is 0 Å². The molecule has 1 aliphatic carbocycles. The Labute approximate surface area is 215 Å². The van der Waals surface area contributed by atoms with Gasteiger partial charge < -0.3 is 24.8 Å². The van der Waals surface area contributed by atoms with E-state index in [0.29, 0.717) is 28.7 Å². The van der Waals surface area contributed by atoms with Gasteiger partial charge in [0.05, 0.1) is 29.1 Å². The number of alkyl carbamates (subject to hydrolysis) is 1. The van der Waals surface area contributed by atoms with Gasteiger partial charge in [0.1, 0.15) is 29.8 Å². The molecule has 2 aliphatic rings. The molecule has 0 spiro atoms. The first-order valence-electron chi connectivity index (χ1n) is 12.4. The quantitative estimate of drug-likeness (QED) is 0.523. The van der Waals surface area contributed by atoms with Crippen molar-refractivity contribution in [2.75, 3.05) is 24.6 Å². The molecule has 194 valence electrons. The number of amides is 1. The second-order valence-electron chi connectivity index (χ2n) is 11.5. The zero-order valence-electron chi connectivity index (χ0n) is 21.7. The predicted molar refractivity (Wildman–Crippen MR) is 137 cm³/mol. The van der Waals surface area contributed by atoms with Gasteiger partial charge in [-0.05, 0) is 52.8 Å². The summed E-state index contributed by atoms with van der Waals surface area (Å²) in [5, 5.41) is 26.9. The van der Waals surface area contributed by atoms with Crippen LogP contribution in [-0.2, 0) is 4.74 Å². The number of nitrogens with zero attached hydrogens (tertiary/aromatic N) is 5. The molecule has 4 heterocycles. The number of fused-ring (bicyclic) bond motifs is 2. The minimum Gasteiger partial charge on any atom is -0.489 e. The fourth-order valence-corrected chi connectivity index (χ4v) is 4.84. The Morgan fingerprint density at radius 3 is 2.54 bits per heavy atom. The number of hydrogen-bond donors (Lipinski definition) is 2. The number of anilines is 1. The average molecular weight is 505 g/mol. The third kappa shape index (κ3) is 5.32. The maximum atomic E-state index is 12.1. The number of piperidine rings is 1. The number of rotatable bonds is 6. The van der Waals surface area contributed by atoms with Gasteiger partial charge in [-0.3, -0.25) is 0 Å². The van der Waals surface area contributed by atoms with Crippen LogP contribution in [0.15, 0.2) is 36.8 Å². The summed E-state index contributed by atoms with van der Waals surface area (Å²) in [5.74, 6) is 2.18. The molecule has 2 N–H and O–H groups in total. The van der Waals surface area contributed by atoms with Crippen LogP contribution in [-0.4, -0.2) is 62.7 Å². The van der Waals surface area contributed by atoms with Crippen molar-refractivity contribution < 1.29 is 19.4 Å². The number of pyridine rings is 2. The first-order chi connectivity index (χ1) is 17.4. The summed E-state index contributed by atoms with van der Waals surface area (Å²) < 4.78 is 12.8. The van der Waals surface area contributed by atoms with Gasteiger partial charge in [0.25, 0.3) is 0 Å². The lowest BCUT2D eigenvalue weighted by Crippen LogP contribution is -2.38. The number of carbonyl (C=O) groups excluding carboxylic acids is 1. The monoisotopic (exact) mass is 504 g/mol. The van der Waals surface area contributed by atoms with Crippen molar-refractivity contribution >= 4 is 17.4 Å². The van der Waals surface area contributed by atoms with Crippen LogP contribution in [0.3, 0.4) is 0 Å². The van der Waals surface area contributed by atoms with Gasteiger partial charge >= 0.3 is 6.09 Å². The van der Waals surface area contributed by atoms with Gasteiger partial charge in [0.15, 0.2) is 0 Å². The van der Waals surface area contributed by atoms with Gasteiger partial charge in [-0.1, -0.05) is 0 Å². The Morgan fingerprint density at radius 2 is 1.95 bits per heavy atom. The highest BCUT2D eigenvalue weighted by Crippen LogP contribution is 2.46. The molecule has 3 aromatic heterocycles. The van der Waals surface area contributed by atoms with Crippen molar-refractivity contribution in [3.05, 3.63) is 42.4 Å². The third-order valence-electron chi connectivity index (χ3n) is 6.56. The van der Waals surface area contributed by atoms with Crippen LogP contribution in [0.25, 0.3) is 16.6 Å². The van der Waals surface area contributed by atoms with E-state index in [9.17, 15) is 15.2 Å². The molecule has 5 rings (SSSR count). The molecule has 1 aliphatic heterocycles. The molecule has 0 unspecified atom stereocenters. The molecule has 3 atom stereocenters. The normalized spacial score (nSPS) is 20.9. The zero-order valence-corrected chi connectivity index (χ0v) is 21.7. The van der Waals surface area contributed by atoms with E-state index in [1.165, 1.54) is 6.20 Å². The van der Waals surface area contributed by atoms with Gasteiger partial charge in [-0.25, -0.2) is 14.3 Å². The summed E-state index contributed by atoms with van der Waals surface area (Å²) in [4.78, 5) is 19.0. The highest BCUT2D eigenvalue weighted by atomic mass is 16.6. The van der Waals surface area contributed by atoms with Crippen molar-refractivity contribution in [3.63, 3.8) is 0 Å². The van der Waals surface area contributed by atoms with E-state index < -0.39 is 11.2 Å². The highest BCUT2D eigenvalue weighted by Gasteiger charge is 2.57. The molecule has 1 saturated heterocycles. The molecule has 1 saturated carbocycles. The smallest absolute Gasteiger partial charge is 0.407 e. The Hall–Kier alpha value is -3.84. The van der Waals surface area contributed by atoms with E-state index in [4.69, 9.17) is 14.5 Å². The maximum absolute atomic E-state index is 12.1. The fraction of sp³-hybridized carbons (Fsp3) is 0.481. The Morgan fingerprint density at radius 1 is 1.22 bits per heavy atom. The first kappa shape index (κ1) is 24.8. The zero-order chi connectivity index (χ0) is 26.5. The van der Waals surface area contributed by atoms with Crippen LogP contribution in [0.1, 0.15) is 40.2 Å². The lowest BCUT2D eigenvalue weighted by atomic mass is 10.1. The van der Waals surface area contributed by atoms with Crippen LogP contribution < -0.4 is 15.0 Å². The minimum atomic E-state index is -0.988. The molecule has 3 aromatic rings. The maximum Gasteiger partial charge on any atom is 0.407 e. The van der Waals surface area contributed by atoms with Crippen molar-refractivity contribution in [1.29, 1.82) is 5.26 Å². The van der Waals surface area contributed by atoms with Crippen LogP contribution in [0.2, 0.25) is 0 Å². The number of aromatic nitrogens is 3. The molecule has 0 radical (unpaired) electrons. The van der Waals surface area contributed by atoms with E-state index in [0.717, 1.165) is 30.0 Å². The van der Waals surface area contributed by atoms with E-state index in [2.05, 4.69) is 21.4 Å². The van der Waals surface area contributed by atoms with E-state index in [1.54, 1.807) is 30.8 Å². The SMILES string of the molecule is CC(C)(O)COc1cc(-c2ccc(N3C[C@@H]4[C@H](C3)[C@H]4NC(=O)OC(C)(C)C)nc2)c2c(C#N)cnn2c1. The molecule has 37 heavy (non-hydrogen) atoms. The lowest BCUT2D eigenvalue weighted by Gasteiger charge is -2.23. The first-order valence-corrected chi connectivity index (χ1v) is 12.4. The van der Waals surface area contributed by atoms with Gasteiger partial charge in [-0.2, -0.15) is 10.4 Å². The Balaban J connectivity index is 1.30. The van der Waals surface area contributed by atoms with Crippen molar-refractivity contribution in [2.24, 2.45) is 11.8 Å². The van der Waals surface area contributed by atoms with E-state index in [1.807, 2.05) is 39.0 Å². The Kier molecular flexibility index (Phi) is 5.99. The molecule has 0 bridgehead atoms. The number of nitrogens with one attached hydrogen (secondary N) is 1. The molecule has 0 aromatic carbocycles. The van der Waals surface area contributed by atoms with Crippen molar-refractivity contribution in [2.45, 2.75) is 51.9 Å². The molecule has 10 nitrogen and oxygen atoms in total. The van der Waals surface area contributed by atoms with Crippen molar-refractivity contribution in [3.8, 4) is 22.9 Å². The van der Waals surface area contributed by atoms with Gasteiger partial charge in [0, 0.05) is 48.3 Å². The number of hydrogen-bond acceptors (Lipinski definition) is 8. The highest BCUT2D eigenvalue weighted by molar-refractivity contribution is 5.85. The summed E-state index contributed by atoms with van der Waals surface area (Å²) in [6.07, 6.45) is 4.65. The average Bonchev–Trinajstić information content (AvgIpc) is 3.17. The molecule has 10 heteroatoms. The van der Waals surface area contributed by atoms with Crippen LogP contribution >= 0.6 is 0 Å². The van der Waals surface area contributed by atoms with Crippen LogP contribution in [0.4, 0.5) is 10.6 Å². The minimum absolute atomic E-state index is 0.114. The topological polar surface area (TPSA) is 125 Å². The lowest BCUT2D eigenvalue weighted by molar-refractivity contribution is 0.0283. The second-order valence-corrected chi connectivity index (χ2v) is 11.5. The standard InChI is InChI=1S/C27H32N6O4/c1-26(2,3)37-25(34)31-23-20-13-32(14-21(20)23)22-7-6-16(10-29-22)19-8-18(36-15-27(4,5)35)12-33-24(19)17(9-28)11-30-33/h6-8,10-12,20-21,23,35H,13-15H2,1-5H3,(H,31,34)/t20-,21+,23+. The van der Waals surface area contributed by atoms with Crippen LogP contribution in [0.5, 0.6) is 5.75 Å². The summed E-state index contributed by atoms with van der Waals surface area (Å²) in [6.45, 7) is 10.7. The molecular weight excluding hydrogens is 472 g/mol. The largest absolute Gasteiger partial charge is 0.489 e. The van der Waals surface area contributed by atoms with Crippen molar-refractivity contribution in [1.82, 2.24) is 19.9 Å².